The van der Waals surface area contributed by atoms with Crippen LogP contribution in [0.4, 0.5) is 0 Å². The van der Waals surface area contributed by atoms with Gasteiger partial charge in [-0.25, -0.2) is 0 Å². The van der Waals surface area contributed by atoms with Crippen molar-refractivity contribution >= 4 is 23.5 Å². The summed E-state index contributed by atoms with van der Waals surface area (Å²) in [5, 5.41) is 4.94. The largest absolute Gasteiger partial charge is 0.469 e. The van der Waals surface area contributed by atoms with Crippen LogP contribution in [0.2, 0.25) is 5.02 Å². The van der Waals surface area contributed by atoms with E-state index < -0.39 is 0 Å². The number of piperidine rings is 1. The van der Waals surface area contributed by atoms with Crippen molar-refractivity contribution < 1.29 is 14.3 Å². The molecule has 3 rings (SSSR count). The van der Waals surface area contributed by atoms with Gasteiger partial charge >= 0.3 is 5.97 Å². The zero-order valence-corrected chi connectivity index (χ0v) is 14.8. The first kappa shape index (κ1) is 17.5. The molecule has 0 saturated carbocycles. The molecule has 6 nitrogen and oxygen atoms in total. The van der Waals surface area contributed by atoms with Gasteiger partial charge in [0, 0.05) is 24.3 Å². The van der Waals surface area contributed by atoms with Crippen LogP contribution in [-0.4, -0.2) is 46.8 Å². The van der Waals surface area contributed by atoms with Crippen molar-refractivity contribution in [2.24, 2.45) is 5.92 Å². The summed E-state index contributed by atoms with van der Waals surface area (Å²) in [4.78, 5) is 25.9. The van der Waals surface area contributed by atoms with Crippen LogP contribution >= 0.6 is 11.6 Å². The minimum atomic E-state index is -0.195. The highest BCUT2D eigenvalue weighted by Crippen LogP contribution is 2.20. The topological polar surface area (TPSA) is 64.4 Å². The normalized spacial score (nSPS) is 15.2. The molecule has 0 unspecified atom stereocenters. The first-order valence-corrected chi connectivity index (χ1v) is 8.59. The predicted octanol–water partition coefficient (Wildman–Crippen LogP) is 2.61. The van der Waals surface area contributed by atoms with Gasteiger partial charge in [0.25, 0.3) is 5.91 Å². The Morgan fingerprint density at radius 1 is 1.28 bits per heavy atom. The highest BCUT2D eigenvalue weighted by atomic mass is 35.5. The molecular weight excluding hydrogens is 342 g/mol. The number of methoxy groups -OCH3 is 1. The molecule has 0 radical (unpaired) electrons. The van der Waals surface area contributed by atoms with Gasteiger partial charge in [0.05, 0.1) is 31.3 Å². The second-order valence-electron chi connectivity index (χ2n) is 6.11. The third kappa shape index (κ3) is 4.02. The molecule has 1 aliphatic rings. The van der Waals surface area contributed by atoms with Crippen molar-refractivity contribution in [3.05, 3.63) is 52.8 Å². The number of ether oxygens (including phenoxy) is 1. The summed E-state index contributed by atoms with van der Waals surface area (Å²) in [5.74, 6) is -0.370. The first-order chi connectivity index (χ1) is 12.1. The summed E-state index contributed by atoms with van der Waals surface area (Å²) in [6, 6.07) is 7.56. The monoisotopic (exact) mass is 361 g/mol. The molecule has 2 aromatic rings. The zero-order valence-electron chi connectivity index (χ0n) is 14.0. The zero-order chi connectivity index (χ0) is 17.8. The van der Waals surface area contributed by atoms with Gasteiger partial charge in [-0.1, -0.05) is 29.8 Å². The van der Waals surface area contributed by atoms with Crippen LogP contribution in [-0.2, 0) is 16.1 Å². The fourth-order valence-electron chi connectivity index (χ4n) is 3.03. The van der Waals surface area contributed by atoms with E-state index in [1.54, 1.807) is 22.0 Å². The number of amides is 1. The number of esters is 1. The van der Waals surface area contributed by atoms with E-state index in [-0.39, 0.29) is 17.8 Å². The Labute approximate surface area is 151 Å². The third-order valence-corrected chi connectivity index (χ3v) is 4.86. The summed E-state index contributed by atoms with van der Waals surface area (Å²) in [5.41, 5.74) is 1.49. The van der Waals surface area contributed by atoms with Crippen molar-refractivity contribution in [1.29, 1.82) is 0 Å². The summed E-state index contributed by atoms with van der Waals surface area (Å²) in [6.07, 6.45) is 4.57. The number of nitrogens with zero attached hydrogens (tertiary/aromatic N) is 3. The molecule has 1 saturated heterocycles. The Bertz CT molecular complexity index is 766. The van der Waals surface area contributed by atoms with Gasteiger partial charge in [-0.15, -0.1) is 0 Å². The maximum Gasteiger partial charge on any atom is 0.308 e. The number of hydrogen-bond donors (Lipinski definition) is 0. The van der Waals surface area contributed by atoms with Crippen molar-refractivity contribution in [3.63, 3.8) is 0 Å². The fourth-order valence-corrected chi connectivity index (χ4v) is 3.22. The quantitative estimate of drug-likeness (QED) is 0.785. The Morgan fingerprint density at radius 3 is 2.68 bits per heavy atom. The highest BCUT2D eigenvalue weighted by Gasteiger charge is 2.28. The number of halogens is 1. The van der Waals surface area contributed by atoms with E-state index in [9.17, 15) is 9.59 Å². The van der Waals surface area contributed by atoms with Crippen molar-refractivity contribution in [1.82, 2.24) is 14.7 Å². The Hall–Kier alpha value is -2.34. The van der Waals surface area contributed by atoms with E-state index in [0.717, 1.165) is 5.56 Å². The van der Waals surface area contributed by atoms with Gasteiger partial charge in [0.2, 0.25) is 0 Å². The minimum Gasteiger partial charge on any atom is -0.469 e. The molecule has 7 heteroatoms. The van der Waals surface area contributed by atoms with Crippen LogP contribution in [0.1, 0.15) is 28.8 Å². The summed E-state index contributed by atoms with van der Waals surface area (Å²) >= 11 is 6.16. The molecule has 0 bridgehead atoms. The van der Waals surface area contributed by atoms with Crippen LogP contribution < -0.4 is 0 Å². The molecule has 0 N–H and O–H groups in total. The van der Waals surface area contributed by atoms with Gasteiger partial charge in [0.1, 0.15) is 0 Å². The Morgan fingerprint density at radius 2 is 2.00 bits per heavy atom. The van der Waals surface area contributed by atoms with E-state index >= 15 is 0 Å². The molecule has 1 aliphatic heterocycles. The number of likely N-dealkylation sites (tertiary alicyclic amines) is 1. The van der Waals surface area contributed by atoms with E-state index in [1.807, 2.05) is 24.3 Å². The third-order valence-electron chi connectivity index (χ3n) is 4.49. The van der Waals surface area contributed by atoms with Gasteiger partial charge in [-0.2, -0.15) is 5.10 Å². The molecule has 25 heavy (non-hydrogen) atoms. The molecule has 2 heterocycles. The molecular formula is C18H20ClN3O3. The average Bonchev–Trinajstić information content (AvgIpc) is 3.11. The van der Waals surface area contributed by atoms with Crippen LogP contribution in [0.25, 0.3) is 0 Å². The number of hydrogen-bond acceptors (Lipinski definition) is 4. The molecule has 132 valence electrons. The molecule has 1 aromatic carbocycles. The number of rotatable bonds is 4. The van der Waals surface area contributed by atoms with Crippen molar-refractivity contribution in [3.8, 4) is 0 Å². The molecule has 1 fully saturated rings. The van der Waals surface area contributed by atoms with E-state index in [2.05, 4.69) is 5.10 Å². The maximum atomic E-state index is 12.6. The number of carbonyl (C=O) groups is 2. The fraction of sp³-hybridized carbons (Fsp3) is 0.389. The maximum absolute atomic E-state index is 12.6. The smallest absolute Gasteiger partial charge is 0.308 e. The summed E-state index contributed by atoms with van der Waals surface area (Å²) in [6.45, 7) is 1.61. The van der Waals surface area contributed by atoms with Gasteiger partial charge in [-0.3, -0.25) is 14.3 Å². The lowest BCUT2D eigenvalue weighted by atomic mass is 9.97. The van der Waals surface area contributed by atoms with Gasteiger partial charge in [-0.05, 0) is 24.5 Å². The summed E-state index contributed by atoms with van der Waals surface area (Å²) < 4.78 is 6.48. The Kier molecular flexibility index (Phi) is 5.38. The van der Waals surface area contributed by atoms with Crippen LogP contribution in [0.15, 0.2) is 36.7 Å². The lowest BCUT2D eigenvalue weighted by Gasteiger charge is -2.30. The van der Waals surface area contributed by atoms with Crippen LogP contribution in [0.3, 0.4) is 0 Å². The standard InChI is InChI=1S/C18H20ClN3O3/c1-25-18(24)13-6-8-21(9-7-13)17(23)15-10-20-22(12-15)11-14-4-2-3-5-16(14)19/h2-5,10,12-13H,6-9,11H2,1H3. The minimum absolute atomic E-state index is 0.0614. The van der Waals surface area contributed by atoms with Crippen LogP contribution in [0.5, 0.6) is 0 Å². The van der Waals surface area contributed by atoms with Gasteiger partial charge in [0.15, 0.2) is 0 Å². The molecule has 0 aliphatic carbocycles. The molecule has 1 amide bonds. The second-order valence-corrected chi connectivity index (χ2v) is 6.51. The van der Waals surface area contributed by atoms with Crippen molar-refractivity contribution in [2.45, 2.75) is 19.4 Å². The lowest BCUT2D eigenvalue weighted by molar-refractivity contribution is -0.146. The second kappa shape index (κ2) is 7.70. The predicted molar refractivity (Wildman–Crippen MR) is 93.4 cm³/mol. The Balaban J connectivity index is 1.62. The van der Waals surface area contributed by atoms with E-state index in [0.29, 0.717) is 43.1 Å². The highest BCUT2D eigenvalue weighted by molar-refractivity contribution is 6.31. The van der Waals surface area contributed by atoms with Gasteiger partial charge < -0.3 is 9.64 Å². The molecule has 0 spiro atoms. The molecule has 0 atom stereocenters. The SMILES string of the molecule is COC(=O)C1CCN(C(=O)c2cnn(Cc3ccccc3Cl)c2)CC1. The van der Waals surface area contributed by atoms with Crippen LogP contribution in [0, 0.1) is 5.92 Å². The first-order valence-electron chi connectivity index (χ1n) is 8.21. The van der Waals surface area contributed by atoms with E-state index in [4.69, 9.17) is 16.3 Å². The number of aromatic nitrogens is 2. The average molecular weight is 362 g/mol. The molecule has 1 aromatic heterocycles. The number of carbonyl (C=O) groups excluding carboxylic acids is 2. The summed E-state index contributed by atoms with van der Waals surface area (Å²) in [7, 11) is 1.40. The van der Waals surface area contributed by atoms with E-state index in [1.165, 1.54) is 7.11 Å². The number of benzene rings is 1. The van der Waals surface area contributed by atoms with Crippen molar-refractivity contribution in [2.75, 3.05) is 20.2 Å². The lowest BCUT2D eigenvalue weighted by Crippen LogP contribution is -2.40.